The molecule has 7 heteroatoms. The van der Waals surface area contributed by atoms with Crippen LogP contribution in [0.25, 0.3) is 0 Å². The number of carbonyl (C=O) groups excluding carboxylic acids is 2. The van der Waals surface area contributed by atoms with Gasteiger partial charge < -0.3 is 14.4 Å². The highest BCUT2D eigenvalue weighted by molar-refractivity contribution is 6.02. The Morgan fingerprint density at radius 2 is 1.40 bits per heavy atom. The number of benzene rings is 2. The van der Waals surface area contributed by atoms with E-state index in [-0.39, 0.29) is 5.96 Å². The highest BCUT2D eigenvalue weighted by atomic mass is 16.6. The Balaban J connectivity index is 2.02. The van der Waals surface area contributed by atoms with Gasteiger partial charge in [0.1, 0.15) is 11.2 Å². The molecule has 0 N–H and O–H groups in total. The number of amides is 2. The Morgan fingerprint density at radius 3 is 1.94 bits per heavy atom. The summed E-state index contributed by atoms with van der Waals surface area (Å²) in [7, 11) is 0. The lowest BCUT2D eigenvalue weighted by Crippen LogP contribution is -2.41. The van der Waals surface area contributed by atoms with Crippen molar-refractivity contribution in [1.29, 1.82) is 0 Å². The molecule has 0 aromatic heterocycles. The summed E-state index contributed by atoms with van der Waals surface area (Å²) in [5.74, 6) is 0.191. The fourth-order valence-electron chi connectivity index (χ4n) is 3.54. The molecule has 3 rings (SSSR count). The fourth-order valence-corrected chi connectivity index (χ4v) is 3.54. The van der Waals surface area contributed by atoms with Crippen molar-refractivity contribution in [3.63, 3.8) is 0 Å². The van der Waals surface area contributed by atoms with Crippen LogP contribution in [0, 0.1) is 0 Å². The predicted octanol–water partition coefficient (Wildman–Crippen LogP) is 6.16. The van der Waals surface area contributed by atoms with Gasteiger partial charge in [-0.25, -0.2) is 14.5 Å². The molecule has 0 saturated carbocycles. The molecule has 2 aromatic rings. The SMILES string of the molecule is CC(C)(C)OC(=O)/N=C1\N(Cc2ccccc2)C/C(=C/Cc2ccccc2)N1C(=O)OC(C)(C)C. The zero-order valence-corrected chi connectivity index (χ0v) is 21.4. The first-order chi connectivity index (χ1) is 16.4. The third-order valence-corrected chi connectivity index (χ3v) is 4.92. The maximum absolute atomic E-state index is 13.4. The lowest BCUT2D eigenvalue weighted by molar-refractivity contribution is 0.0414. The van der Waals surface area contributed by atoms with E-state index in [1.807, 2.05) is 71.6 Å². The standard InChI is InChI=1S/C28H35N3O4/c1-27(2,3)34-25(32)29-24-30(19-22-15-11-8-12-16-22)20-23(18-17-21-13-9-7-10-14-21)31(24)26(33)35-28(4,5)6/h7-16,18H,17,19-20H2,1-6H3/b23-18-,29-24+. The number of allylic oxidation sites excluding steroid dienone is 1. The van der Waals surface area contributed by atoms with Crippen molar-refractivity contribution in [2.45, 2.75) is 65.7 Å². The Bertz CT molecular complexity index is 1080. The minimum absolute atomic E-state index is 0.191. The maximum Gasteiger partial charge on any atom is 0.437 e. The van der Waals surface area contributed by atoms with Crippen molar-refractivity contribution in [1.82, 2.24) is 9.80 Å². The lowest BCUT2D eigenvalue weighted by atomic mass is 10.1. The van der Waals surface area contributed by atoms with Crippen LogP contribution in [-0.4, -0.2) is 45.7 Å². The monoisotopic (exact) mass is 477 g/mol. The van der Waals surface area contributed by atoms with Gasteiger partial charge in [-0.3, -0.25) is 0 Å². The van der Waals surface area contributed by atoms with Crippen molar-refractivity contribution in [3.05, 3.63) is 83.6 Å². The van der Waals surface area contributed by atoms with Gasteiger partial charge in [0.25, 0.3) is 0 Å². The number of carbonyl (C=O) groups is 2. The van der Waals surface area contributed by atoms with Crippen LogP contribution >= 0.6 is 0 Å². The molecular weight excluding hydrogens is 442 g/mol. The second-order valence-electron chi connectivity index (χ2n) is 10.4. The number of nitrogens with zero attached hydrogens (tertiary/aromatic N) is 3. The topological polar surface area (TPSA) is 71.4 Å². The average Bonchev–Trinajstić information content (AvgIpc) is 3.08. The van der Waals surface area contributed by atoms with Gasteiger partial charge in [0.2, 0.25) is 5.96 Å². The highest BCUT2D eigenvalue weighted by Gasteiger charge is 2.39. The van der Waals surface area contributed by atoms with Gasteiger partial charge in [-0.1, -0.05) is 66.7 Å². The fraction of sp³-hybridized carbons (Fsp3) is 0.393. The number of hydrogen-bond acceptors (Lipinski definition) is 4. The molecule has 2 aromatic carbocycles. The average molecular weight is 478 g/mol. The molecule has 1 aliphatic rings. The van der Waals surface area contributed by atoms with E-state index in [0.717, 1.165) is 11.1 Å². The summed E-state index contributed by atoms with van der Waals surface area (Å²) in [6.07, 6.45) is 1.25. The van der Waals surface area contributed by atoms with E-state index < -0.39 is 23.4 Å². The van der Waals surface area contributed by atoms with E-state index >= 15 is 0 Å². The van der Waals surface area contributed by atoms with E-state index in [2.05, 4.69) is 4.99 Å². The van der Waals surface area contributed by atoms with Crippen LogP contribution in [0.5, 0.6) is 0 Å². The number of rotatable bonds is 4. The quantitative estimate of drug-likeness (QED) is 0.528. The van der Waals surface area contributed by atoms with E-state index in [1.54, 1.807) is 41.5 Å². The van der Waals surface area contributed by atoms with Crippen molar-refractivity contribution < 1.29 is 19.1 Å². The summed E-state index contributed by atoms with van der Waals surface area (Å²) in [6.45, 7) is 11.6. The Kier molecular flexibility index (Phi) is 7.99. The molecule has 1 aliphatic heterocycles. The van der Waals surface area contributed by atoms with Gasteiger partial charge in [0.15, 0.2) is 0 Å². The summed E-state index contributed by atoms with van der Waals surface area (Å²) in [5.41, 5.74) is 1.40. The Labute approximate surface area is 208 Å². The summed E-state index contributed by atoms with van der Waals surface area (Å²) >= 11 is 0. The normalized spacial score (nSPS) is 16.6. The molecule has 7 nitrogen and oxygen atoms in total. The van der Waals surface area contributed by atoms with Crippen molar-refractivity contribution in [2.24, 2.45) is 4.99 Å². The van der Waals surface area contributed by atoms with Crippen molar-refractivity contribution in [2.75, 3.05) is 6.54 Å². The molecular formula is C28H35N3O4. The molecule has 0 bridgehead atoms. The smallest absolute Gasteiger partial charge is 0.437 e. The van der Waals surface area contributed by atoms with Crippen LogP contribution in [0.2, 0.25) is 0 Å². The number of aliphatic imine (C=N–C) groups is 1. The van der Waals surface area contributed by atoms with Crippen molar-refractivity contribution >= 4 is 18.1 Å². The number of guanidine groups is 1. The van der Waals surface area contributed by atoms with Gasteiger partial charge in [-0.15, -0.1) is 4.99 Å². The first-order valence-corrected chi connectivity index (χ1v) is 11.8. The largest absolute Gasteiger partial charge is 0.443 e. The first-order valence-electron chi connectivity index (χ1n) is 11.8. The maximum atomic E-state index is 13.4. The predicted molar refractivity (Wildman–Crippen MR) is 137 cm³/mol. The molecule has 0 spiro atoms. The summed E-state index contributed by atoms with van der Waals surface area (Å²) in [6, 6.07) is 19.8. The van der Waals surface area contributed by atoms with Crippen molar-refractivity contribution in [3.8, 4) is 0 Å². The molecule has 0 radical (unpaired) electrons. The molecule has 0 unspecified atom stereocenters. The Morgan fingerprint density at radius 1 is 0.857 bits per heavy atom. The molecule has 0 atom stereocenters. The van der Waals surface area contributed by atoms with E-state index in [4.69, 9.17) is 9.47 Å². The third-order valence-electron chi connectivity index (χ3n) is 4.92. The third kappa shape index (κ3) is 7.98. The zero-order valence-electron chi connectivity index (χ0n) is 21.4. The van der Waals surface area contributed by atoms with E-state index in [9.17, 15) is 9.59 Å². The van der Waals surface area contributed by atoms with Crippen LogP contribution in [0.1, 0.15) is 52.7 Å². The minimum atomic E-state index is -0.761. The number of hydrogen-bond donors (Lipinski definition) is 0. The Hall–Kier alpha value is -3.61. The zero-order chi connectivity index (χ0) is 25.6. The minimum Gasteiger partial charge on any atom is -0.443 e. The summed E-state index contributed by atoms with van der Waals surface area (Å²) in [5, 5.41) is 0. The highest BCUT2D eigenvalue weighted by Crippen LogP contribution is 2.26. The molecule has 35 heavy (non-hydrogen) atoms. The van der Waals surface area contributed by atoms with Crippen LogP contribution < -0.4 is 0 Å². The van der Waals surface area contributed by atoms with Gasteiger partial charge in [0.05, 0.1) is 6.54 Å². The molecule has 1 heterocycles. The van der Waals surface area contributed by atoms with Gasteiger partial charge in [-0.2, -0.15) is 0 Å². The first kappa shape index (κ1) is 26.0. The second kappa shape index (κ2) is 10.8. The molecule has 2 amide bonds. The van der Waals surface area contributed by atoms with E-state index in [1.165, 1.54) is 4.90 Å². The van der Waals surface area contributed by atoms with Crippen LogP contribution in [0.3, 0.4) is 0 Å². The van der Waals surface area contributed by atoms with Gasteiger partial charge in [-0.05, 0) is 59.1 Å². The molecule has 0 aliphatic carbocycles. The van der Waals surface area contributed by atoms with Crippen LogP contribution in [-0.2, 0) is 22.4 Å². The van der Waals surface area contributed by atoms with E-state index in [0.29, 0.717) is 25.2 Å². The number of ether oxygens (including phenoxy) is 2. The van der Waals surface area contributed by atoms with Gasteiger partial charge in [0, 0.05) is 12.2 Å². The second-order valence-corrected chi connectivity index (χ2v) is 10.4. The van der Waals surface area contributed by atoms with Gasteiger partial charge >= 0.3 is 12.2 Å². The summed E-state index contributed by atoms with van der Waals surface area (Å²) in [4.78, 5) is 33.6. The molecule has 1 saturated heterocycles. The molecule has 1 fully saturated rings. The van der Waals surface area contributed by atoms with Crippen LogP contribution in [0.4, 0.5) is 9.59 Å². The van der Waals surface area contributed by atoms with Crippen LogP contribution in [0.15, 0.2) is 77.4 Å². The lowest BCUT2D eigenvalue weighted by Gasteiger charge is -2.26. The summed E-state index contributed by atoms with van der Waals surface area (Å²) < 4.78 is 11.1. The molecule has 186 valence electrons.